The number of benzene rings is 2. The first-order valence-electron chi connectivity index (χ1n) is 8.82. The number of ketones is 1. The summed E-state index contributed by atoms with van der Waals surface area (Å²) in [5.74, 6) is -1.66. The molecule has 0 bridgehead atoms. The van der Waals surface area contributed by atoms with Gasteiger partial charge in [0.15, 0.2) is 6.61 Å². The highest BCUT2D eigenvalue weighted by molar-refractivity contribution is 6.04. The van der Waals surface area contributed by atoms with Crippen LogP contribution in [0.3, 0.4) is 0 Å². The number of carbonyl (C=O) groups excluding carboxylic acids is 4. The van der Waals surface area contributed by atoms with Gasteiger partial charge in [-0.1, -0.05) is 42.5 Å². The Balaban J connectivity index is 1.90. The third-order valence-corrected chi connectivity index (χ3v) is 3.79. The fraction of sp³-hybridized carbons (Fsp3) is 0.238. The van der Waals surface area contributed by atoms with Crippen LogP contribution in [-0.2, 0) is 25.7 Å². The summed E-state index contributed by atoms with van der Waals surface area (Å²) in [6.07, 6.45) is 0.00592. The van der Waals surface area contributed by atoms with Crippen molar-refractivity contribution >= 4 is 29.3 Å². The molecule has 0 unspecified atom stereocenters. The van der Waals surface area contributed by atoms with E-state index in [1.165, 1.54) is 6.92 Å². The Kier molecular flexibility index (Phi) is 7.90. The number of hydrogen-bond donors (Lipinski definition) is 2. The van der Waals surface area contributed by atoms with Gasteiger partial charge in [-0.3, -0.25) is 14.4 Å². The smallest absolute Gasteiger partial charge is 0.306 e. The van der Waals surface area contributed by atoms with Crippen molar-refractivity contribution < 1.29 is 23.9 Å². The molecule has 2 aromatic carbocycles. The lowest BCUT2D eigenvalue weighted by Crippen LogP contribution is -2.26. The van der Waals surface area contributed by atoms with Crippen LogP contribution in [0.1, 0.15) is 35.7 Å². The molecule has 0 radical (unpaired) electrons. The number of esters is 1. The first kappa shape index (κ1) is 20.8. The van der Waals surface area contributed by atoms with Gasteiger partial charge in [-0.2, -0.15) is 0 Å². The summed E-state index contributed by atoms with van der Waals surface area (Å²) in [5.41, 5.74) is 1.57. The van der Waals surface area contributed by atoms with Crippen molar-refractivity contribution in [2.24, 2.45) is 0 Å². The largest absolute Gasteiger partial charge is 0.456 e. The molecule has 2 aromatic rings. The third kappa shape index (κ3) is 7.03. The Bertz CT molecular complexity index is 849. The van der Waals surface area contributed by atoms with Gasteiger partial charge < -0.3 is 20.2 Å². The van der Waals surface area contributed by atoms with E-state index in [1.807, 2.05) is 30.3 Å². The number of rotatable bonds is 9. The molecule has 0 saturated heterocycles. The van der Waals surface area contributed by atoms with E-state index in [0.29, 0.717) is 17.8 Å². The van der Waals surface area contributed by atoms with Crippen LogP contribution in [0.25, 0.3) is 0 Å². The maximum Gasteiger partial charge on any atom is 0.306 e. The molecule has 0 heterocycles. The summed E-state index contributed by atoms with van der Waals surface area (Å²) in [5, 5.41) is 5.36. The van der Waals surface area contributed by atoms with Crippen molar-refractivity contribution in [2.75, 3.05) is 11.9 Å². The maximum absolute atomic E-state index is 12.5. The first-order chi connectivity index (χ1) is 13.5. The van der Waals surface area contributed by atoms with Crippen molar-refractivity contribution in [3.05, 3.63) is 65.7 Å². The van der Waals surface area contributed by atoms with Crippen LogP contribution < -0.4 is 10.6 Å². The summed E-state index contributed by atoms with van der Waals surface area (Å²) in [6, 6.07) is 16.0. The summed E-state index contributed by atoms with van der Waals surface area (Å²) in [6.45, 7) is 1.24. The second-order valence-corrected chi connectivity index (χ2v) is 6.12. The van der Waals surface area contributed by atoms with Gasteiger partial charge in [0.25, 0.3) is 11.8 Å². The average Bonchev–Trinajstić information content (AvgIpc) is 2.70. The normalized spacial score (nSPS) is 10.0. The standard InChI is InChI=1S/C21H22N2O5/c1-15(24)11-12-20(26)28-14-19(25)23-18-10-6-5-9-17(18)21(27)22-13-16-7-3-2-4-8-16/h2-10H,11-14H2,1H3,(H,22,27)(H,23,25). The molecule has 146 valence electrons. The second-order valence-electron chi connectivity index (χ2n) is 6.12. The Hall–Kier alpha value is -3.48. The van der Waals surface area contributed by atoms with Gasteiger partial charge in [0.1, 0.15) is 5.78 Å². The van der Waals surface area contributed by atoms with Crippen LogP contribution in [-0.4, -0.2) is 30.2 Å². The molecule has 7 heteroatoms. The molecule has 2 N–H and O–H groups in total. The lowest BCUT2D eigenvalue weighted by molar-refractivity contribution is -0.148. The zero-order chi connectivity index (χ0) is 20.4. The SMILES string of the molecule is CC(=O)CCC(=O)OCC(=O)Nc1ccccc1C(=O)NCc1ccccc1. The molecule has 0 fully saturated rings. The Morgan fingerprint density at radius 3 is 2.29 bits per heavy atom. The predicted octanol–water partition coefficient (Wildman–Crippen LogP) is 2.47. The fourth-order valence-corrected chi connectivity index (χ4v) is 2.35. The number of anilines is 1. The molecular weight excluding hydrogens is 360 g/mol. The number of nitrogens with one attached hydrogen (secondary N) is 2. The molecule has 0 spiro atoms. The van der Waals surface area contributed by atoms with E-state index >= 15 is 0 Å². The first-order valence-corrected chi connectivity index (χ1v) is 8.82. The monoisotopic (exact) mass is 382 g/mol. The lowest BCUT2D eigenvalue weighted by Gasteiger charge is -2.12. The summed E-state index contributed by atoms with van der Waals surface area (Å²) < 4.78 is 4.83. The number of hydrogen-bond acceptors (Lipinski definition) is 5. The highest BCUT2D eigenvalue weighted by Gasteiger charge is 2.14. The van der Waals surface area contributed by atoms with Crippen molar-refractivity contribution in [2.45, 2.75) is 26.3 Å². The molecule has 0 aliphatic heterocycles. The van der Waals surface area contributed by atoms with E-state index in [1.54, 1.807) is 24.3 Å². The van der Waals surface area contributed by atoms with E-state index in [9.17, 15) is 19.2 Å². The van der Waals surface area contributed by atoms with E-state index in [-0.39, 0.29) is 24.5 Å². The topological polar surface area (TPSA) is 102 Å². The molecule has 0 atom stereocenters. The van der Waals surface area contributed by atoms with Crippen LogP contribution >= 0.6 is 0 Å². The molecule has 0 aliphatic carbocycles. The summed E-state index contributed by atoms with van der Waals surface area (Å²) in [4.78, 5) is 46.8. The Morgan fingerprint density at radius 1 is 0.893 bits per heavy atom. The van der Waals surface area contributed by atoms with Crippen LogP contribution in [0.15, 0.2) is 54.6 Å². The third-order valence-electron chi connectivity index (χ3n) is 3.79. The predicted molar refractivity (Wildman–Crippen MR) is 104 cm³/mol. The molecule has 0 aromatic heterocycles. The molecule has 7 nitrogen and oxygen atoms in total. The second kappa shape index (κ2) is 10.6. The molecule has 0 saturated carbocycles. The Labute approximate surface area is 163 Å². The van der Waals surface area contributed by atoms with Gasteiger partial charge in [-0.15, -0.1) is 0 Å². The maximum atomic E-state index is 12.5. The number of carbonyl (C=O) groups is 4. The number of Topliss-reactive ketones (excluding diaryl/α,β-unsaturated/α-hetero) is 1. The number of amides is 2. The highest BCUT2D eigenvalue weighted by Crippen LogP contribution is 2.15. The molecular formula is C21H22N2O5. The summed E-state index contributed by atoms with van der Waals surface area (Å²) in [7, 11) is 0. The van der Waals surface area contributed by atoms with Gasteiger partial charge in [-0.05, 0) is 24.6 Å². The zero-order valence-electron chi connectivity index (χ0n) is 15.6. The van der Waals surface area contributed by atoms with Gasteiger partial charge in [0, 0.05) is 13.0 Å². The number of para-hydroxylation sites is 1. The quantitative estimate of drug-likeness (QED) is 0.649. The minimum Gasteiger partial charge on any atom is -0.456 e. The van der Waals surface area contributed by atoms with Gasteiger partial charge >= 0.3 is 5.97 Å². The lowest BCUT2D eigenvalue weighted by atomic mass is 10.1. The van der Waals surface area contributed by atoms with Crippen molar-refractivity contribution in [3.8, 4) is 0 Å². The van der Waals surface area contributed by atoms with E-state index < -0.39 is 18.5 Å². The van der Waals surface area contributed by atoms with Crippen molar-refractivity contribution in [1.29, 1.82) is 0 Å². The minimum absolute atomic E-state index is 0.0684. The van der Waals surface area contributed by atoms with Crippen LogP contribution in [0.5, 0.6) is 0 Å². The zero-order valence-corrected chi connectivity index (χ0v) is 15.6. The minimum atomic E-state index is -0.626. The molecule has 2 rings (SSSR count). The van der Waals surface area contributed by atoms with Crippen LogP contribution in [0.4, 0.5) is 5.69 Å². The molecule has 0 aliphatic rings. The highest BCUT2D eigenvalue weighted by atomic mass is 16.5. The van der Waals surface area contributed by atoms with E-state index in [0.717, 1.165) is 5.56 Å². The van der Waals surface area contributed by atoms with Gasteiger partial charge in [0.2, 0.25) is 0 Å². The van der Waals surface area contributed by atoms with Gasteiger partial charge in [0.05, 0.1) is 17.7 Å². The van der Waals surface area contributed by atoms with E-state index in [4.69, 9.17) is 4.74 Å². The Morgan fingerprint density at radius 2 is 1.57 bits per heavy atom. The average molecular weight is 382 g/mol. The fourth-order valence-electron chi connectivity index (χ4n) is 2.35. The van der Waals surface area contributed by atoms with E-state index in [2.05, 4.69) is 10.6 Å². The van der Waals surface area contributed by atoms with Crippen molar-refractivity contribution in [1.82, 2.24) is 5.32 Å². The molecule has 28 heavy (non-hydrogen) atoms. The van der Waals surface area contributed by atoms with Gasteiger partial charge in [-0.25, -0.2) is 0 Å². The molecule has 2 amide bonds. The van der Waals surface area contributed by atoms with Crippen molar-refractivity contribution in [3.63, 3.8) is 0 Å². The number of ether oxygens (including phenoxy) is 1. The van der Waals surface area contributed by atoms with Crippen LogP contribution in [0, 0.1) is 0 Å². The summed E-state index contributed by atoms with van der Waals surface area (Å²) >= 11 is 0. The van der Waals surface area contributed by atoms with Crippen LogP contribution in [0.2, 0.25) is 0 Å².